The summed E-state index contributed by atoms with van der Waals surface area (Å²) in [5.74, 6) is 7.85. The van der Waals surface area contributed by atoms with Crippen molar-refractivity contribution in [3.05, 3.63) is 129 Å². The Morgan fingerprint density at radius 3 is 1.19 bits per heavy atom. The largest absolute Gasteiger partial charge is 0.480 e. The Morgan fingerprint density at radius 2 is 0.851 bits per heavy atom. The number of hydrogen-bond donors (Lipinski definition) is 2. The molecule has 0 amide bonds. The molecule has 0 aliphatic rings. The van der Waals surface area contributed by atoms with Crippen LogP contribution < -0.4 is 0 Å². The summed E-state index contributed by atoms with van der Waals surface area (Å²) in [6.07, 6.45) is -0.627. The van der Waals surface area contributed by atoms with Crippen LogP contribution in [-0.2, 0) is 29.3 Å². The Hall–Kier alpha value is -4.29. The van der Waals surface area contributed by atoms with Gasteiger partial charge in [-0.25, -0.2) is 16.8 Å². The molecular formula is C34H25Cl3O8S2. The van der Waals surface area contributed by atoms with Gasteiger partial charge in [0.25, 0.3) is 0 Å². The van der Waals surface area contributed by atoms with Gasteiger partial charge in [-0.1, -0.05) is 76.7 Å². The topological polar surface area (TPSA) is 143 Å². The Balaban J connectivity index is 0.000000256. The number of hydrogen-bond acceptors (Lipinski definition) is 6. The number of rotatable bonds is 8. The summed E-state index contributed by atoms with van der Waals surface area (Å²) in [7, 11) is -8.04. The van der Waals surface area contributed by atoms with E-state index in [0.717, 1.165) is 0 Å². The zero-order chi connectivity index (χ0) is 34.6. The molecule has 4 aromatic carbocycles. The van der Waals surface area contributed by atoms with Crippen LogP contribution >= 0.6 is 34.8 Å². The molecule has 13 heteroatoms. The van der Waals surface area contributed by atoms with Crippen LogP contribution in [0, 0.1) is 23.7 Å². The highest BCUT2D eigenvalue weighted by molar-refractivity contribution is 7.93. The first-order valence-corrected chi connectivity index (χ1v) is 17.7. The molecule has 8 nitrogen and oxygen atoms in total. The van der Waals surface area contributed by atoms with Gasteiger partial charge < -0.3 is 10.2 Å². The van der Waals surface area contributed by atoms with Gasteiger partial charge in [0.15, 0.2) is 30.2 Å². The van der Waals surface area contributed by atoms with E-state index in [1.807, 2.05) is 0 Å². The Kier molecular flexibility index (Phi) is 13.5. The molecule has 0 heterocycles. The van der Waals surface area contributed by atoms with Gasteiger partial charge >= 0.3 is 11.9 Å². The van der Waals surface area contributed by atoms with Crippen LogP contribution in [0.3, 0.4) is 0 Å². The Bertz CT molecular complexity index is 2040. The zero-order valence-corrected chi connectivity index (χ0v) is 28.1. The number of sulfone groups is 2. The maximum absolute atomic E-state index is 12.5. The quantitative estimate of drug-likeness (QED) is 0.191. The maximum atomic E-state index is 12.5. The Labute approximate surface area is 287 Å². The van der Waals surface area contributed by atoms with Crippen molar-refractivity contribution in [2.45, 2.75) is 33.1 Å². The minimum absolute atomic E-state index is 0.0271. The fourth-order valence-electron chi connectivity index (χ4n) is 3.78. The first-order valence-electron chi connectivity index (χ1n) is 13.4. The number of halogens is 3. The SMILES string of the molecule is O=C(O)C(CC#Cc1ccc(Cl)cc1)S(=O)(=O)c1ccc(Cl)cc1.O=C(O)C(CC#Cc1ccc(Cl)cc1)S(=O)(=O)c1ccccc1. The molecule has 242 valence electrons. The summed E-state index contributed by atoms with van der Waals surface area (Å²) < 4.78 is 49.7. The second-order valence-corrected chi connectivity index (χ2v) is 15.1. The van der Waals surface area contributed by atoms with Gasteiger partial charge in [-0.15, -0.1) is 0 Å². The molecule has 0 bridgehead atoms. The smallest absolute Gasteiger partial charge is 0.323 e. The highest BCUT2D eigenvalue weighted by atomic mass is 35.5. The average Bonchev–Trinajstić information content (AvgIpc) is 3.03. The molecule has 2 N–H and O–H groups in total. The Morgan fingerprint density at radius 1 is 0.532 bits per heavy atom. The van der Waals surface area contributed by atoms with Crippen LogP contribution in [0.25, 0.3) is 0 Å². The normalized spacial score (nSPS) is 12.1. The van der Waals surface area contributed by atoms with Crippen LogP contribution in [0.15, 0.2) is 113 Å². The van der Waals surface area contributed by atoms with E-state index >= 15 is 0 Å². The molecule has 4 aromatic rings. The van der Waals surface area contributed by atoms with E-state index in [-0.39, 0.29) is 22.6 Å². The molecule has 0 saturated carbocycles. The molecule has 2 atom stereocenters. The second-order valence-electron chi connectivity index (χ2n) is 9.54. The molecule has 0 saturated heterocycles. The van der Waals surface area contributed by atoms with E-state index in [9.17, 15) is 36.6 Å². The van der Waals surface area contributed by atoms with Crippen LogP contribution in [-0.4, -0.2) is 49.5 Å². The minimum atomic E-state index is -4.06. The van der Waals surface area contributed by atoms with Crippen molar-refractivity contribution in [2.75, 3.05) is 0 Å². The van der Waals surface area contributed by atoms with Gasteiger partial charge in [0, 0.05) is 39.0 Å². The van der Waals surface area contributed by atoms with Gasteiger partial charge in [-0.3, -0.25) is 9.59 Å². The highest BCUT2D eigenvalue weighted by Gasteiger charge is 2.34. The predicted octanol–water partition coefficient (Wildman–Crippen LogP) is 6.67. The van der Waals surface area contributed by atoms with E-state index < -0.39 is 42.1 Å². The van der Waals surface area contributed by atoms with Crippen molar-refractivity contribution in [3.63, 3.8) is 0 Å². The lowest BCUT2D eigenvalue weighted by molar-refractivity contribution is -0.137. The highest BCUT2D eigenvalue weighted by Crippen LogP contribution is 2.21. The van der Waals surface area contributed by atoms with E-state index in [2.05, 4.69) is 23.7 Å². The first-order chi connectivity index (χ1) is 22.2. The van der Waals surface area contributed by atoms with Gasteiger partial charge in [0.05, 0.1) is 9.79 Å². The first kappa shape index (κ1) is 37.2. The van der Waals surface area contributed by atoms with Gasteiger partial charge in [-0.05, 0) is 84.9 Å². The predicted molar refractivity (Wildman–Crippen MR) is 181 cm³/mol. The van der Waals surface area contributed by atoms with Gasteiger partial charge in [-0.2, -0.15) is 0 Å². The second kappa shape index (κ2) is 17.0. The zero-order valence-electron chi connectivity index (χ0n) is 24.2. The van der Waals surface area contributed by atoms with Crippen LogP contribution in [0.5, 0.6) is 0 Å². The molecule has 0 fully saturated rings. The maximum Gasteiger partial charge on any atom is 0.323 e. The standard InChI is InChI=1S/C17H12Cl2O4S.C17H13ClO4S/c18-13-6-4-12(5-7-13)2-1-3-16(17(20)21)24(22,23)15-10-8-14(19)9-11-15;18-14-11-9-13(10-12-14)5-4-8-16(17(19)20)23(21,22)15-6-2-1-3-7-15/h4-11,16H,3H2,(H,20,21);1-3,6-7,9-12,16H,8H2,(H,19,20). The lowest BCUT2D eigenvalue weighted by Gasteiger charge is -2.11. The molecule has 4 rings (SSSR count). The van der Waals surface area contributed by atoms with E-state index in [1.165, 1.54) is 36.4 Å². The number of carbonyl (C=O) groups is 2. The number of benzene rings is 4. The van der Waals surface area contributed by atoms with E-state index in [0.29, 0.717) is 26.2 Å². The summed E-state index contributed by atoms with van der Waals surface area (Å²) in [4.78, 5) is 22.6. The van der Waals surface area contributed by atoms with Crippen molar-refractivity contribution in [1.82, 2.24) is 0 Å². The average molecular weight is 732 g/mol. The number of carboxylic acids is 2. The summed E-state index contributed by atoms with van der Waals surface area (Å²) in [6.45, 7) is 0. The molecule has 2 unspecified atom stereocenters. The molecule has 0 aliphatic carbocycles. The van der Waals surface area contributed by atoms with Gasteiger partial charge in [0.1, 0.15) is 0 Å². The molecule has 0 spiro atoms. The van der Waals surface area contributed by atoms with Crippen molar-refractivity contribution in [1.29, 1.82) is 0 Å². The van der Waals surface area contributed by atoms with Crippen LogP contribution in [0.1, 0.15) is 24.0 Å². The summed E-state index contributed by atoms with van der Waals surface area (Å²) in [5.41, 5.74) is 1.25. The third-order valence-electron chi connectivity index (χ3n) is 6.24. The lowest BCUT2D eigenvalue weighted by Crippen LogP contribution is -2.29. The number of carboxylic acid groups (broad SMARTS) is 2. The molecular weight excluding hydrogens is 707 g/mol. The number of aliphatic carboxylic acids is 2. The van der Waals surface area contributed by atoms with E-state index in [1.54, 1.807) is 66.7 Å². The van der Waals surface area contributed by atoms with Crippen molar-refractivity contribution < 1.29 is 36.6 Å². The molecule has 0 aliphatic heterocycles. The third kappa shape index (κ3) is 10.9. The van der Waals surface area contributed by atoms with Gasteiger partial charge in [0.2, 0.25) is 0 Å². The van der Waals surface area contributed by atoms with Crippen molar-refractivity contribution in [2.24, 2.45) is 0 Å². The summed E-state index contributed by atoms with van der Waals surface area (Å²) in [6, 6.07) is 26.1. The van der Waals surface area contributed by atoms with Crippen LogP contribution in [0.4, 0.5) is 0 Å². The van der Waals surface area contributed by atoms with Crippen LogP contribution in [0.2, 0.25) is 15.1 Å². The molecule has 47 heavy (non-hydrogen) atoms. The molecule has 0 radical (unpaired) electrons. The van der Waals surface area contributed by atoms with Crippen molar-refractivity contribution >= 4 is 66.4 Å². The summed E-state index contributed by atoms with van der Waals surface area (Å²) in [5, 5.41) is 16.7. The summed E-state index contributed by atoms with van der Waals surface area (Å²) >= 11 is 17.2. The molecule has 0 aromatic heterocycles. The van der Waals surface area contributed by atoms with E-state index in [4.69, 9.17) is 34.8 Å². The fraction of sp³-hybridized carbons (Fsp3) is 0.118. The lowest BCUT2D eigenvalue weighted by atomic mass is 10.2. The minimum Gasteiger partial charge on any atom is -0.480 e. The monoisotopic (exact) mass is 730 g/mol. The van der Waals surface area contributed by atoms with Crippen molar-refractivity contribution in [3.8, 4) is 23.7 Å². The fourth-order valence-corrected chi connectivity index (χ4v) is 7.00. The third-order valence-corrected chi connectivity index (χ3v) is 11.1.